The molecule has 6 nitrogen and oxygen atoms in total. The van der Waals surface area contributed by atoms with E-state index in [0.29, 0.717) is 28.8 Å². The third-order valence-electron chi connectivity index (χ3n) is 3.95. The van der Waals surface area contributed by atoms with Crippen LogP contribution in [0.1, 0.15) is 34.8 Å². The van der Waals surface area contributed by atoms with Gasteiger partial charge in [-0.3, -0.25) is 4.79 Å². The van der Waals surface area contributed by atoms with Gasteiger partial charge in [0.2, 0.25) is 5.91 Å². The molecule has 3 rings (SSSR count). The first-order chi connectivity index (χ1) is 14.0. The van der Waals surface area contributed by atoms with Crippen molar-refractivity contribution in [2.24, 2.45) is 0 Å². The number of aryl methyl sites for hydroxylation is 1. The first-order valence-corrected chi connectivity index (χ1v) is 10.9. The number of thiophene rings is 1. The number of nitrogens with zero attached hydrogens (tertiary/aromatic N) is 1. The Kier molecular flexibility index (Phi) is 7.00. The summed E-state index contributed by atoms with van der Waals surface area (Å²) in [6, 6.07) is 9.50. The Bertz CT molecular complexity index is 1010. The van der Waals surface area contributed by atoms with Crippen LogP contribution in [0, 0.1) is 6.92 Å². The molecule has 1 N–H and O–H groups in total. The quantitative estimate of drug-likeness (QED) is 0.512. The van der Waals surface area contributed by atoms with Gasteiger partial charge in [0.15, 0.2) is 0 Å². The molecule has 0 aliphatic carbocycles. The molecular formula is C21H22N2O4S2. The second-order valence-electron chi connectivity index (χ2n) is 6.14. The van der Waals surface area contributed by atoms with Gasteiger partial charge in [0, 0.05) is 5.38 Å². The van der Waals surface area contributed by atoms with E-state index in [1.807, 2.05) is 43.5 Å². The van der Waals surface area contributed by atoms with Gasteiger partial charge in [-0.05, 0) is 44.5 Å². The van der Waals surface area contributed by atoms with Crippen molar-refractivity contribution in [3.05, 3.63) is 51.8 Å². The van der Waals surface area contributed by atoms with E-state index in [1.165, 1.54) is 22.7 Å². The van der Waals surface area contributed by atoms with Gasteiger partial charge in [-0.1, -0.05) is 12.1 Å². The van der Waals surface area contributed by atoms with Crippen LogP contribution in [0.3, 0.4) is 0 Å². The average Bonchev–Trinajstić information content (AvgIpc) is 3.29. The van der Waals surface area contributed by atoms with Gasteiger partial charge in [0.25, 0.3) is 0 Å². The number of hydrogen-bond donors (Lipinski definition) is 1. The fourth-order valence-corrected chi connectivity index (χ4v) is 4.56. The summed E-state index contributed by atoms with van der Waals surface area (Å²) < 4.78 is 10.7. The lowest BCUT2D eigenvalue weighted by atomic mass is 10.2. The van der Waals surface area contributed by atoms with E-state index in [4.69, 9.17) is 9.47 Å². The van der Waals surface area contributed by atoms with E-state index in [-0.39, 0.29) is 18.3 Å². The molecule has 2 aromatic heterocycles. The van der Waals surface area contributed by atoms with Crippen molar-refractivity contribution in [2.45, 2.75) is 27.2 Å². The number of aromatic nitrogens is 1. The Hall–Kier alpha value is -2.71. The predicted molar refractivity (Wildman–Crippen MR) is 116 cm³/mol. The van der Waals surface area contributed by atoms with Crippen molar-refractivity contribution in [3.8, 4) is 16.3 Å². The topological polar surface area (TPSA) is 77.5 Å². The van der Waals surface area contributed by atoms with Gasteiger partial charge in [-0.25, -0.2) is 9.78 Å². The molecule has 0 fully saturated rings. The molecular weight excluding hydrogens is 408 g/mol. The number of ether oxygens (including phenoxy) is 2. The predicted octanol–water partition coefficient (Wildman–Crippen LogP) is 4.94. The van der Waals surface area contributed by atoms with Crippen molar-refractivity contribution in [1.82, 2.24) is 4.98 Å². The van der Waals surface area contributed by atoms with Crippen LogP contribution >= 0.6 is 22.7 Å². The van der Waals surface area contributed by atoms with E-state index in [9.17, 15) is 9.59 Å². The van der Waals surface area contributed by atoms with Gasteiger partial charge in [0.1, 0.15) is 15.6 Å². The second-order valence-corrected chi connectivity index (χ2v) is 8.05. The smallest absolute Gasteiger partial charge is 0.348 e. The summed E-state index contributed by atoms with van der Waals surface area (Å²) in [6.45, 7) is 6.41. The van der Waals surface area contributed by atoms with Crippen LogP contribution < -0.4 is 10.1 Å². The van der Waals surface area contributed by atoms with Crippen LogP contribution in [0.5, 0.6) is 5.75 Å². The molecule has 0 unspecified atom stereocenters. The van der Waals surface area contributed by atoms with Crippen LogP contribution in [0.4, 0.5) is 5.00 Å². The van der Waals surface area contributed by atoms with Gasteiger partial charge in [-0.15, -0.1) is 22.7 Å². The number of carbonyl (C=O) groups is 2. The van der Waals surface area contributed by atoms with Gasteiger partial charge in [-0.2, -0.15) is 0 Å². The SMILES string of the molecule is CCOC(=O)c1sc(NC(=O)Cc2csc(-c3ccccc3OCC)n2)cc1C. The Morgan fingerprint density at radius 3 is 2.72 bits per heavy atom. The van der Waals surface area contributed by atoms with Crippen LogP contribution in [-0.2, 0) is 16.0 Å². The Morgan fingerprint density at radius 2 is 1.97 bits per heavy atom. The summed E-state index contributed by atoms with van der Waals surface area (Å²) >= 11 is 2.69. The summed E-state index contributed by atoms with van der Waals surface area (Å²) in [5.41, 5.74) is 2.39. The van der Waals surface area contributed by atoms with E-state index in [2.05, 4.69) is 10.3 Å². The summed E-state index contributed by atoms with van der Waals surface area (Å²) in [5, 5.41) is 6.15. The monoisotopic (exact) mass is 430 g/mol. The first-order valence-electron chi connectivity index (χ1n) is 9.25. The van der Waals surface area contributed by atoms with Crippen LogP contribution in [0.2, 0.25) is 0 Å². The number of benzene rings is 1. The first kappa shape index (κ1) is 21.0. The molecule has 8 heteroatoms. The van der Waals surface area contributed by atoms with Gasteiger partial charge < -0.3 is 14.8 Å². The van der Waals surface area contributed by atoms with Crippen molar-refractivity contribution >= 4 is 39.6 Å². The zero-order chi connectivity index (χ0) is 20.8. The number of esters is 1. The Morgan fingerprint density at radius 1 is 1.17 bits per heavy atom. The lowest BCUT2D eigenvalue weighted by Crippen LogP contribution is -2.13. The summed E-state index contributed by atoms with van der Waals surface area (Å²) in [4.78, 5) is 29.4. The minimum atomic E-state index is -0.368. The third-order valence-corrected chi connectivity index (χ3v) is 6.01. The lowest BCUT2D eigenvalue weighted by Gasteiger charge is -2.07. The number of nitrogens with one attached hydrogen (secondary N) is 1. The van der Waals surface area contributed by atoms with E-state index in [0.717, 1.165) is 21.9 Å². The molecule has 0 spiro atoms. The molecule has 0 saturated heterocycles. The summed E-state index contributed by atoms with van der Waals surface area (Å²) in [6.07, 6.45) is 0.152. The van der Waals surface area contributed by atoms with E-state index >= 15 is 0 Å². The highest BCUT2D eigenvalue weighted by Crippen LogP contribution is 2.32. The second kappa shape index (κ2) is 9.67. The molecule has 0 aliphatic rings. The van der Waals surface area contributed by atoms with Gasteiger partial charge >= 0.3 is 5.97 Å². The standard InChI is InChI=1S/C21H22N2O4S2/c1-4-26-16-9-7-6-8-15(16)20-22-14(12-28-20)11-17(24)23-18-10-13(3)19(29-18)21(25)27-5-2/h6-10,12H,4-5,11H2,1-3H3,(H,23,24). The van der Waals surface area contributed by atoms with Crippen molar-refractivity contribution < 1.29 is 19.1 Å². The summed E-state index contributed by atoms with van der Waals surface area (Å²) in [7, 11) is 0. The highest BCUT2D eigenvalue weighted by atomic mass is 32.1. The maximum atomic E-state index is 12.4. The molecule has 1 amide bonds. The summed E-state index contributed by atoms with van der Waals surface area (Å²) in [5.74, 6) is 0.227. The van der Waals surface area contributed by atoms with Crippen molar-refractivity contribution in [2.75, 3.05) is 18.5 Å². The number of thiazole rings is 1. The minimum absolute atomic E-state index is 0.152. The van der Waals surface area contributed by atoms with E-state index < -0.39 is 0 Å². The number of anilines is 1. The molecule has 0 atom stereocenters. The van der Waals surface area contributed by atoms with Gasteiger partial charge in [0.05, 0.1) is 35.9 Å². The lowest BCUT2D eigenvalue weighted by molar-refractivity contribution is -0.115. The molecule has 2 heterocycles. The molecule has 3 aromatic rings. The van der Waals surface area contributed by atoms with Crippen LogP contribution in [0.15, 0.2) is 35.7 Å². The van der Waals surface area contributed by atoms with Crippen LogP contribution in [0.25, 0.3) is 10.6 Å². The largest absolute Gasteiger partial charge is 0.493 e. The molecule has 0 radical (unpaired) electrons. The average molecular weight is 431 g/mol. The molecule has 0 aliphatic heterocycles. The number of hydrogen-bond acceptors (Lipinski definition) is 7. The molecule has 29 heavy (non-hydrogen) atoms. The maximum Gasteiger partial charge on any atom is 0.348 e. The zero-order valence-corrected chi connectivity index (χ0v) is 18.1. The molecule has 0 bridgehead atoms. The third kappa shape index (κ3) is 5.21. The van der Waals surface area contributed by atoms with Crippen molar-refractivity contribution in [1.29, 1.82) is 0 Å². The number of amides is 1. The van der Waals surface area contributed by atoms with Crippen molar-refractivity contribution in [3.63, 3.8) is 0 Å². The fraction of sp³-hybridized carbons (Fsp3) is 0.286. The number of rotatable bonds is 8. The minimum Gasteiger partial charge on any atom is -0.493 e. The molecule has 1 aromatic carbocycles. The number of carbonyl (C=O) groups excluding carboxylic acids is 2. The maximum absolute atomic E-state index is 12.4. The fourth-order valence-electron chi connectivity index (χ4n) is 2.73. The zero-order valence-electron chi connectivity index (χ0n) is 16.5. The highest BCUT2D eigenvalue weighted by molar-refractivity contribution is 7.18. The highest BCUT2D eigenvalue weighted by Gasteiger charge is 2.17. The number of para-hydroxylation sites is 1. The molecule has 0 saturated carbocycles. The Balaban J connectivity index is 1.67. The van der Waals surface area contributed by atoms with E-state index in [1.54, 1.807) is 13.0 Å². The normalized spacial score (nSPS) is 10.6. The molecule has 152 valence electrons. The Labute approximate surface area is 177 Å². The van der Waals surface area contributed by atoms with Crippen LogP contribution in [-0.4, -0.2) is 30.1 Å².